The molecule has 0 saturated carbocycles. The second kappa shape index (κ2) is 3.31. The standard InChI is InChI=1S/C10H12N2O2/c11-6-8-5-10(14)12(8)7-1-3-9(13)4-2-7/h1-4,8,13H,5-6,11H2. The highest BCUT2D eigenvalue weighted by Crippen LogP contribution is 2.28. The van der Waals surface area contributed by atoms with Crippen LogP contribution in [0.2, 0.25) is 0 Å². The summed E-state index contributed by atoms with van der Waals surface area (Å²) in [4.78, 5) is 13.0. The van der Waals surface area contributed by atoms with Crippen LogP contribution in [0.25, 0.3) is 0 Å². The van der Waals surface area contributed by atoms with Crippen LogP contribution in [0.3, 0.4) is 0 Å². The number of anilines is 1. The van der Waals surface area contributed by atoms with Crippen molar-refractivity contribution in [1.29, 1.82) is 0 Å². The zero-order chi connectivity index (χ0) is 10.1. The Bertz CT molecular complexity index is 348. The number of hydrogen-bond donors (Lipinski definition) is 2. The first-order valence-corrected chi connectivity index (χ1v) is 4.53. The molecule has 0 aliphatic carbocycles. The minimum atomic E-state index is 0.0890. The summed E-state index contributed by atoms with van der Waals surface area (Å²) in [6.07, 6.45) is 0.525. The van der Waals surface area contributed by atoms with Gasteiger partial charge in [0.25, 0.3) is 0 Å². The SMILES string of the molecule is NCC1CC(=O)N1c1ccc(O)cc1. The highest BCUT2D eigenvalue weighted by Gasteiger charge is 2.35. The van der Waals surface area contributed by atoms with Crippen molar-refractivity contribution < 1.29 is 9.90 Å². The van der Waals surface area contributed by atoms with E-state index in [0.29, 0.717) is 13.0 Å². The van der Waals surface area contributed by atoms with Gasteiger partial charge in [0, 0.05) is 18.7 Å². The molecule has 1 heterocycles. The third-order valence-electron chi connectivity index (χ3n) is 2.44. The van der Waals surface area contributed by atoms with Crippen LogP contribution in [0.1, 0.15) is 6.42 Å². The van der Waals surface area contributed by atoms with Gasteiger partial charge in [-0.05, 0) is 24.3 Å². The Morgan fingerprint density at radius 3 is 2.57 bits per heavy atom. The molecule has 1 aromatic rings. The second-order valence-corrected chi connectivity index (χ2v) is 3.37. The summed E-state index contributed by atoms with van der Waals surface area (Å²) in [6, 6.07) is 6.68. The van der Waals surface area contributed by atoms with Crippen molar-refractivity contribution in [3.63, 3.8) is 0 Å². The molecule has 1 amide bonds. The van der Waals surface area contributed by atoms with Crippen LogP contribution in [0.15, 0.2) is 24.3 Å². The van der Waals surface area contributed by atoms with Crippen LogP contribution in [0.4, 0.5) is 5.69 Å². The smallest absolute Gasteiger partial charge is 0.229 e. The first-order valence-electron chi connectivity index (χ1n) is 4.53. The van der Waals surface area contributed by atoms with E-state index in [1.165, 1.54) is 0 Å². The van der Waals surface area contributed by atoms with Gasteiger partial charge in [-0.15, -0.1) is 0 Å². The van der Waals surface area contributed by atoms with Gasteiger partial charge in [-0.2, -0.15) is 0 Å². The van der Waals surface area contributed by atoms with Crippen molar-refractivity contribution in [2.75, 3.05) is 11.4 Å². The number of β-lactam (4-membered cyclic amide) rings is 1. The summed E-state index contributed by atoms with van der Waals surface area (Å²) < 4.78 is 0. The normalized spacial score (nSPS) is 20.8. The van der Waals surface area contributed by atoms with Crippen LogP contribution in [0.5, 0.6) is 5.75 Å². The molecular formula is C10H12N2O2. The molecule has 1 aromatic carbocycles. The number of benzene rings is 1. The molecule has 0 spiro atoms. The predicted octanol–water partition coefficient (Wildman–Crippen LogP) is 0.456. The number of amides is 1. The molecular weight excluding hydrogens is 180 g/mol. The summed E-state index contributed by atoms with van der Waals surface area (Å²) in [5, 5.41) is 9.09. The molecule has 74 valence electrons. The second-order valence-electron chi connectivity index (χ2n) is 3.37. The van der Waals surface area contributed by atoms with Gasteiger partial charge in [-0.1, -0.05) is 0 Å². The molecule has 0 aromatic heterocycles. The lowest BCUT2D eigenvalue weighted by atomic mass is 10.0. The molecule has 1 atom stereocenters. The van der Waals surface area contributed by atoms with Gasteiger partial charge >= 0.3 is 0 Å². The van der Waals surface area contributed by atoms with E-state index in [2.05, 4.69) is 0 Å². The van der Waals surface area contributed by atoms with Crippen molar-refractivity contribution >= 4 is 11.6 Å². The molecule has 1 aliphatic heterocycles. The van der Waals surface area contributed by atoms with Crippen LogP contribution >= 0.6 is 0 Å². The van der Waals surface area contributed by atoms with Gasteiger partial charge in [-0.25, -0.2) is 0 Å². The van der Waals surface area contributed by atoms with Crippen molar-refractivity contribution in [2.24, 2.45) is 5.73 Å². The first kappa shape index (κ1) is 9.02. The van der Waals surface area contributed by atoms with Gasteiger partial charge in [0.15, 0.2) is 0 Å². The molecule has 3 N–H and O–H groups in total. The average molecular weight is 192 g/mol. The van der Waals surface area contributed by atoms with Gasteiger partial charge < -0.3 is 15.7 Å². The summed E-state index contributed by atoms with van der Waals surface area (Å²) in [6.45, 7) is 0.479. The number of carbonyl (C=O) groups excluding carboxylic acids is 1. The van der Waals surface area contributed by atoms with Crippen LogP contribution < -0.4 is 10.6 Å². The number of phenolic OH excluding ortho intramolecular Hbond substituents is 1. The third kappa shape index (κ3) is 1.33. The summed E-state index contributed by atoms with van der Waals surface area (Å²) >= 11 is 0. The zero-order valence-corrected chi connectivity index (χ0v) is 7.68. The minimum absolute atomic E-state index is 0.0890. The topological polar surface area (TPSA) is 66.6 Å². The number of nitrogens with two attached hydrogens (primary N) is 1. The van der Waals surface area contributed by atoms with Gasteiger partial charge in [0.1, 0.15) is 5.75 Å². The van der Waals surface area contributed by atoms with E-state index in [1.54, 1.807) is 29.2 Å². The summed E-state index contributed by atoms with van der Waals surface area (Å²) in [5.41, 5.74) is 6.31. The predicted molar refractivity (Wildman–Crippen MR) is 53.1 cm³/mol. The Balaban J connectivity index is 2.22. The number of rotatable bonds is 2. The lowest BCUT2D eigenvalue weighted by molar-refractivity contribution is -0.123. The fourth-order valence-electron chi connectivity index (χ4n) is 1.64. The van der Waals surface area contributed by atoms with E-state index in [1.807, 2.05) is 0 Å². The maximum atomic E-state index is 11.3. The Kier molecular flexibility index (Phi) is 2.13. The minimum Gasteiger partial charge on any atom is -0.508 e. The Hall–Kier alpha value is -1.55. The fraction of sp³-hybridized carbons (Fsp3) is 0.300. The third-order valence-corrected chi connectivity index (χ3v) is 2.44. The molecule has 1 unspecified atom stereocenters. The number of phenols is 1. The van der Waals surface area contributed by atoms with Crippen molar-refractivity contribution in [3.8, 4) is 5.75 Å². The van der Waals surface area contributed by atoms with Crippen LogP contribution in [-0.4, -0.2) is 23.6 Å². The number of nitrogens with zero attached hydrogens (tertiary/aromatic N) is 1. The zero-order valence-electron chi connectivity index (χ0n) is 7.68. The van der Waals surface area contributed by atoms with Crippen molar-refractivity contribution in [1.82, 2.24) is 0 Å². The summed E-state index contributed by atoms with van der Waals surface area (Å²) in [5.74, 6) is 0.289. The fourth-order valence-corrected chi connectivity index (χ4v) is 1.64. The largest absolute Gasteiger partial charge is 0.508 e. The lowest BCUT2D eigenvalue weighted by Gasteiger charge is -2.39. The van der Waals surface area contributed by atoms with E-state index in [-0.39, 0.29) is 17.7 Å². The van der Waals surface area contributed by atoms with E-state index in [4.69, 9.17) is 10.8 Å². The Labute approximate surface area is 81.9 Å². The molecule has 4 nitrogen and oxygen atoms in total. The highest BCUT2D eigenvalue weighted by atomic mass is 16.3. The maximum absolute atomic E-state index is 11.3. The molecule has 0 radical (unpaired) electrons. The van der Waals surface area contributed by atoms with Gasteiger partial charge in [0.05, 0.1) is 6.04 Å². The Morgan fingerprint density at radius 1 is 1.43 bits per heavy atom. The number of carbonyl (C=O) groups is 1. The van der Waals surface area contributed by atoms with Gasteiger partial charge in [-0.3, -0.25) is 4.79 Å². The average Bonchev–Trinajstić information content (AvgIpc) is 2.17. The summed E-state index contributed by atoms with van der Waals surface area (Å²) in [7, 11) is 0. The molecule has 4 heteroatoms. The molecule has 2 rings (SSSR count). The van der Waals surface area contributed by atoms with E-state index in [9.17, 15) is 4.79 Å². The van der Waals surface area contributed by atoms with E-state index in [0.717, 1.165) is 5.69 Å². The van der Waals surface area contributed by atoms with E-state index < -0.39 is 0 Å². The number of hydrogen-bond acceptors (Lipinski definition) is 3. The van der Waals surface area contributed by atoms with Crippen molar-refractivity contribution in [2.45, 2.75) is 12.5 Å². The highest BCUT2D eigenvalue weighted by molar-refractivity contribution is 6.00. The first-order chi connectivity index (χ1) is 6.72. The molecule has 0 bridgehead atoms. The van der Waals surface area contributed by atoms with Gasteiger partial charge in [0.2, 0.25) is 5.91 Å². The molecule has 1 fully saturated rings. The Morgan fingerprint density at radius 2 is 2.07 bits per heavy atom. The van der Waals surface area contributed by atoms with Crippen molar-refractivity contribution in [3.05, 3.63) is 24.3 Å². The quantitative estimate of drug-likeness (QED) is 0.669. The monoisotopic (exact) mass is 192 g/mol. The number of aromatic hydroxyl groups is 1. The molecule has 1 aliphatic rings. The van der Waals surface area contributed by atoms with Crippen LogP contribution in [0, 0.1) is 0 Å². The van der Waals surface area contributed by atoms with Crippen LogP contribution in [-0.2, 0) is 4.79 Å². The van der Waals surface area contributed by atoms with E-state index >= 15 is 0 Å². The lowest BCUT2D eigenvalue weighted by Crippen LogP contribution is -2.56. The molecule has 1 saturated heterocycles. The maximum Gasteiger partial charge on any atom is 0.229 e. The molecule has 14 heavy (non-hydrogen) atoms.